The second-order valence-electron chi connectivity index (χ2n) is 4.72. The summed E-state index contributed by atoms with van der Waals surface area (Å²) in [5.74, 6) is -0.369. The van der Waals surface area contributed by atoms with Gasteiger partial charge in [-0.25, -0.2) is 13.1 Å². The van der Waals surface area contributed by atoms with Crippen LogP contribution in [-0.2, 0) is 20.5 Å². The highest BCUT2D eigenvalue weighted by Gasteiger charge is 2.28. The molecule has 0 amide bonds. The van der Waals surface area contributed by atoms with Gasteiger partial charge in [-0.2, -0.15) is 18.4 Å². The third-order valence-corrected chi connectivity index (χ3v) is 3.90. The van der Waals surface area contributed by atoms with Crippen molar-refractivity contribution in [3.63, 3.8) is 0 Å². The van der Waals surface area contributed by atoms with Crippen LogP contribution in [-0.4, -0.2) is 33.8 Å². The number of sulfonamides is 1. The van der Waals surface area contributed by atoms with Crippen molar-refractivity contribution in [1.29, 1.82) is 5.26 Å². The van der Waals surface area contributed by atoms with Gasteiger partial charge in [0.2, 0.25) is 10.0 Å². The zero-order chi connectivity index (χ0) is 16.8. The maximum atomic E-state index is 11.9. The van der Waals surface area contributed by atoms with Crippen molar-refractivity contribution in [1.82, 2.24) is 4.72 Å². The average Bonchev–Trinajstić information content (AvgIpc) is 2.35. The Balaban J connectivity index is 2.54. The molecule has 0 radical (unpaired) electrons. The summed E-state index contributed by atoms with van der Waals surface area (Å²) in [6.07, 6.45) is -4.45. The quantitative estimate of drug-likeness (QED) is 0.825. The van der Waals surface area contributed by atoms with Crippen LogP contribution in [0.3, 0.4) is 0 Å². The maximum absolute atomic E-state index is 11.9. The van der Waals surface area contributed by atoms with Crippen LogP contribution < -0.4 is 4.72 Å². The van der Waals surface area contributed by atoms with Gasteiger partial charge in [-0.05, 0) is 24.6 Å². The van der Waals surface area contributed by atoms with Gasteiger partial charge in [0.15, 0.2) is 0 Å². The summed E-state index contributed by atoms with van der Waals surface area (Å²) < 4.78 is 66.2. The first kappa shape index (κ1) is 18.4. The van der Waals surface area contributed by atoms with Gasteiger partial charge in [0.05, 0.1) is 24.0 Å². The molecule has 1 aromatic carbocycles. The Labute approximate surface area is 126 Å². The van der Waals surface area contributed by atoms with Gasteiger partial charge in [0, 0.05) is 6.04 Å². The van der Waals surface area contributed by atoms with E-state index in [-0.39, 0.29) is 5.75 Å². The number of rotatable bonds is 7. The molecule has 0 aliphatic carbocycles. The normalized spacial score (nSPS) is 13.6. The van der Waals surface area contributed by atoms with Gasteiger partial charge in [-0.15, -0.1) is 0 Å². The second kappa shape index (κ2) is 7.58. The van der Waals surface area contributed by atoms with E-state index in [0.29, 0.717) is 11.1 Å². The van der Waals surface area contributed by atoms with Crippen LogP contribution in [0.15, 0.2) is 24.3 Å². The molecule has 1 N–H and O–H groups in total. The fourth-order valence-corrected chi connectivity index (χ4v) is 3.07. The van der Waals surface area contributed by atoms with E-state index in [9.17, 15) is 21.6 Å². The Kier molecular flexibility index (Phi) is 6.34. The summed E-state index contributed by atoms with van der Waals surface area (Å²) in [5, 5.41) is 8.75. The van der Waals surface area contributed by atoms with E-state index in [4.69, 9.17) is 5.26 Å². The Hall–Kier alpha value is -1.63. The number of halogens is 3. The van der Waals surface area contributed by atoms with Crippen molar-refractivity contribution >= 4 is 10.0 Å². The van der Waals surface area contributed by atoms with E-state index in [1.807, 2.05) is 6.07 Å². The highest BCUT2D eigenvalue weighted by atomic mass is 32.2. The summed E-state index contributed by atoms with van der Waals surface area (Å²) in [7, 11) is -3.75. The van der Waals surface area contributed by atoms with Gasteiger partial charge in [0.1, 0.15) is 6.61 Å². The maximum Gasteiger partial charge on any atom is 0.411 e. The minimum Gasteiger partial charge on any atom is -0.370 e. The number of alkyl halides is 3. The van der Waals surface area contributed by atoms with Crippen LogP contribution in [0.4, 0.5) is 13.2 Å². The smallest absolute Gasteiger partial charge is 0.370 e. The summed E-state index contributed by atoms with van der Waals surface area (Å²) in [6, 6.07) is 7.17. The number of ether oxygens (including phenoxy) is 1. The summed E-state index contributed by atoms with van der Waals surface area (Å²) >= 11 is 0. The predicted octanol–water partition coefficient (Wildman–Crippen LogP) is 1.95. The van der Waals surface area contributed by atoms with Crippen LogP contribution in [0.1, 0.15) is 18.1 Å². The molecule has 1 aromatic rings. The van der Waals surface area contributed by atoms with Crippen molar-refractivity contribution in [2.75, 3.05) is 13.2 Å². The molecule has 0 aliphatic rings. The molecular weight excluding hydrogens is 321 g/mol. The van der Waals surface area contributed by atoms with E-state index < -0.39 is 35.5 Å². The lowest BCUT2D eigenvalue weighted by Gasteiger charge is -2.15. The third-order valence-electron chi connectivity index (χ3n) is 2.43. The first-order chi connectivity index (χ1) is 10.1. The first-order valence-corrected chi connectivity index (χ1v) is 7.90. The number of nitrogens with one attached hydrogen (secondary N) is 1. The molecule has 9 heteroatoms. The molecule has 0 heterocycles. The minimum atomic E-state index is -4.45. The van der Waals surface area contributed by atoms with Crippen molar-refractivity contribution in [3.8, 4) is 6.07 Å². The third kappa shape index (κ3) is 7.40. The summed E-state index contributed by atoms with van der Waals surface area (Å²) in [4.78, 5) is 0. The monoisotopic (exact) mass is 336 g/mol. The van der Waals surface area contributed by atoms with Gasteiger partial charge in [-0.3, -0.25) is 0 Å². The number of benzene rings is 1. The topological polar surface area (TPSA) is 79.2 Å². The largest absolute Gasteiger partial charge is 0.411 e. The molecule has 0 unspecified atom stereocenters. The molecule has 5 nitrogen and oxygen atoms in total. The zero-order valence-corrected chi connectivity index (χ0v) is 12.5. The van der Waals surface area contributed by atoms with E-state index in [0.717, 1.165) is 0 Å². The molecule has 0 saturated heterocycles. The molecule has 0 saturated carbocycles. The zero-order valence-electron chi connectivity index (χ0n) is 11.7. The Bertz CT molecular complexity index is 639. The standard InChI is InChI=1S/C13H15F3N2O3S/c1-10(7-21-9-13(14,15)16)18-22(19,20)8-12-4-2-3-11(5-12)6-17/h2-5,10,18H,7-9H2,1H3/t10-/m0/s1. The molecule has 122 valence electrons. The summed E-state index contributed by atoms with van der Waals surface area (Å²) in [5.41, 5.74) is 0.740. The molecule has 1 rings (SSSR count). The number of hydrogen-bond acceptors (Lipinski definition) is 4. The van der Waals surface area contributed by atoms with Gasteiger partial charge in [-0.1, -0.05) is 12.1 Å². The van der Waals surface area contributed by atoms with Crippen molar-refractivity contribution < 1.29 is 26.3 Å². The molecular formula is C13H15F3N2O3S. The van der Waals surface area contributed by atoms with Crippen LogP contribution in [0.2, 0.25) is 0 Å². The van der Waals surface area contributed by atoms with E-state index >= 15 is 0 Å². The minimum absolute atomic E-state index is 0.328. The molecule has 0 spiro atoms. The van der Waals surface area contributed by atoms with Gasteiger partial charge in [0.25, 0.3) is 0 Å². The average molecular weight is 336 g/mol. The Morgan fingerprint density at radius 2 is 2.09 bits per heavy atom. The SMILES string of the molecule is C[C@@H](COCC(F)(F)F)NS(=O)(=O)Cc1cccc(C#N)c1. The van der Waals surface area contributed by atoms with Gasteiger partial charge < -0.3 is 4.74 Å². The lowest BCUT2D eigenvalue weighted by molar-refractivity contribution is -0.174. The van der Waals surface area contributed by atoms with E-state index in [1.54, 1.807) is 12.1 Å². The Morgan fingerprint density at radius 1 is 1.41 bits per heavy atom. The molecule has 1 atom stereocenters. The molecule has 22 heavy (non-hydrogen) atoms. The lowest BCUT2D eigenvalue weighted by Crippen LogP contribution is -2.37. The van der Waals surface area contributed by atoms with E-state index in [1.165, 1.54) is 19.1 Å². The van der Waals surface area contributed by atoms with Crippen LogP contribution in [0, 0.1) is 11.3 Å². The predicted molar refractivity (Wildman–Crippen MR) is 73.3 cm³/mol. The number of nitriles is 1. The van der Waals surface area contributed by atoms with Crippen LogP contribution >= 0.6 is 0 Å². The second-order valence-corrected chi connectivity index (χ2v) is 6.47. The number of hydrogen-bond donors (Lipinski definition) is 1. The first-order valence-electron chi connectivity index (χ1n) is 6.25. The lowest BCUT2D eigenvalue weighted by atomic mass is 10.2. The fraction of sp³-hybridized carbons (Fsp3) is 0.462. The van der Waals surface area contributed by atoms with Crippen molar-refractivity contribution in [3.05, 3.63) is 35.4 Å². The molecule has 0 aromatic heterocycles. The highest BCUT2D eigenvalue weighted by molar-refractivity contribution is 7.88. The fourth-order valence-electron chi connectivity index (χ4n) is 1.68. The Morgan fingerprint density at radius 3 is 2.68 bits per heavy atom. The van der Waals surface area contributed by atoms with Gasteiger partial charge >= 0.3 is 6.18 Å². The highest BCUT2D eigenvalue weighted by Crippen LogP contribution is 2.14. The molecule has 0 bridgehead atoms. The van der Waals surface area contributed by atoms with Crippen molar-refractivity contribution in [2.24, 2.45) is 0 Å². The van der Waals surface area contributed by atoms with Crippen molar-refractivity contribution in [2.45, 2.75) is 24.9 Å². The van der Waals surface area contributed by atoms with Crippen LogP contribution in [0.25, 0.3) is 0 Å². The van der Waals surface area contributed by atoms with E-state index in [2.05, 4.69) is 9.46 Å². The molecule has 0 aliphatic heterocycles. The van der Waals surface area contributed by atoms with Crippen LogP contribution in [0.5, 0.6) is 0 Å². The molecule has 0 fully saturated rings. The number of nitrogens with zero attached hydrogens (tertiary/aromatic N) is 1. The summed E-state index contributed by atoms with van der Waals surface area (Å²) in [6.45, 7) is -0.417.